The minimum absolute atomic E-state index is 0.788. The fraction of sp³-hybridized carbons (Fsp3) is 0.778. The standard InChI is InChI=1S/C7H13N.C2H6/c1-2-7-3-5-8-6-4-7;1-2/h2,7-8H,1,3-6H2;1-2H3. The summed E-state index contributed by atoms with van der Waals surface area (Å²) in [6.07, 6.45) is 4.63. The van der Waals surface area contributed by atoms with Gasteiger partial charge < -0.3 is 5.32 Å². The molecule has 0 bridgehead atoms. The van der Waals surface area contributed by atoms with Crippen LogP contribution in [0.3, 0.4) is 0 Å². The maximum atomic E-state index is 3.76. The summed E-state index contributed by atoms with van der Waals surface area (Å²) < 4.78 is 0. The van der Waals surface area contributed by atoms with Gasteiger partial charge in [0.05, 0.1) is 0 Å². The average Bonchev–Trinajstić information content (AvgIpc) is 2.10. The third kappa shape index (κ3) is 3.67. The second-order valence-electron chi connectivity index (χ2n) is 2.32. The number of hydrogen-bond acceptors (Lipinski definition) is 1. The van der Waals surface area contributed by atoms with E-state index in [2.05, 4.69) is 18.0 Å². The molecular formula is C9H19N. The van der Waals surface area contributed by atoms with E-state index in [4.69, 9.17) is 0 Å². The van der Waals surface area contributed by atoms with Crippen molar-refractivity contribution in [2.24, 2.45) is 5.92 Å². The number of rotatable bonds is 1. The van der Waals surface area contributed by atoms with E-state index in [1.807, 2.05) is 13.8 Å². The van der Waals surface area contributed by atoms with Crippen molar-refractivity contribution < 1.29 is 0 Å². The summed E-state index contributed by atoms with van der Waals surface area (Å²) in [6, 6.07) is 0. The lowest BCUT2D eigenvalue weighted by Crippen LogP contribution is -2.26. The van der Waals surface area contributed by atoms with Crippen molar-refractivity contribution in [3.8, 4) is 0 Å². The Morgan fingerprint density at radius 1 is 1.30 bits per heavy atom. The zero-order chi connectivity index (χ0) is 7.82. The molecule has 1 aliphatic rings. The van der Waals surface area contributed by atoms with Gasteiger partial charge in [0.2, 0.25) is 0 Å². The Balaban J connectivity index is 0.000000371. The van der Waals surface area contributed by atoms with Crippen LogP contribution in [-0.4, -0.2) is 13.1 Å². The fourth-order valence-electron chi connectivity index (χ4n) is 1.08. The van der Waals surface area contributed by atoms with Crippen molar-refractivity contribution in [3.05, 3.63) is 12.7 Å². The number of hydrogen-bond donors (Lipinski definition) is 1. The van der Waals surface area contributed by atoms with Crippen LogP contribution in [0.5, 0.6) is 0 Å². The van der Waals surface area contributed by atoms with Crippen LogP contribution in [-0.2, 0) is 0 Å². The third-order valence-corrected chi connectivity index (χ3v) is 1.72. The van der Waals surface area contributed by atoms with Gasteiger partial charge in [0.15, 0.2) is 0 Å². The van der Waals surface area contributed by atoms with Crippen molar-refractivity contribution in [2.75, 3.05) is 13.1 Å². The highest BCUT2D eigenvalue weighted by atomic mass is 14.9. The van der Waals surface area contributed by atoms with Crippen LogP contribution in [0.1, 0.15) is 26.7 Å². The summed E-state index contributed by atoms with van der Waals surface area (Å²) in [6.45, 7) is 10.1. The van der Waals surface area contributed by atoms with Crippen molar-refractivity contribution in [3.63, 3.8) is 0 Å². The van der Waals surface area contributed by atoms with E-state index in [9.17, 15) is 0 Å². The minimum atomic E-state index is 0.788. The summed E-state index contributed by atoms with van der Waals surface area (Å²) in [7, 11) is 0. The second-order valence-corrected chi connectivity index (χ2v) is 2.32. The SMILES string of the molecule is C=CC1CCNCC1.CC. The van der Waals surface area contributed by atoms with Crippen LogP contribution in [0.4, 0.5) is 0 Å². The highest BCUT2D eigenvalue weighted by Gasteiger charge is 2.07. The van der Waals surface area contributed by atoms with Gasteiger partial charge in [-0.3, -0.25) is 0 Å². The molecular weight excluding hydrogens is 122 g/mol. The molecule has 0 amide bonds. The summed E-state index contributed by atoms with van der Waals surface area (Å²) in [5.41, 5.74) is 0. The topological polar surface area (TPSA) is 12.0 Å². The summed E-state index contributed by atoms with van der Waals surface area (Å²) in [5, 5.41) is 3.30. The molecule has 0 aromatic heterocycles. The molecule has 1 nitrogen and oxygen atoms in total. The minimum Gasteiger partial charge on any atom is -0.317 e. The highest BCUT2D eigenvalue weighted by Crippen LogP contribution is 2.10. The quantitative estimate of drug-likeness (QED) is 0.552. The van der Waals surface area contributed by atoms with Gasteiger partial charge in [-0.1, -0.05) is 19.9 Å². The van der Waals surface area contributed by atoms with Gasteiger partial charge in [-0.05, 0) is 31.8 Å². The van der Waals surface area contributed by atoms with Crippen molar-refractivity contribution in [1.29, 1.82) is 0 Å². The molecule has 0 radical (unpaired) electrons. The Morgan fingerprint density at radius 3 is 2.10 bits per heavy atom. The normalized spacial score (nSPS) is 19.0. The lowest BCUT2D eigenvalue weighted by atomic mass is 9.99. The molecule has 1 aliphatic heterocycles. The van der Waals surface area contributed by atoms with Gasteiger partial charge in [0.25, 0.3) is 0 Å². The second kappa shape index (κ2) is 6.81. The zero-order valence-corrected chi connectivity index (χ0v) is 7.19. The van der Waals surface area contributed by atoms with Crippen molar-refractivity contribution >= 4 is 0 Å². The molecule has 1 heterocycles. The summed E-state index contributed by atoms with van der Waals surface area (Å²) in [4.78, 5) is 0. The van der Waals surface area contributed by atoms with Gasteiger partial charge >= 0.3 is 0 Å². The average molecular weight is 141 g/mol. The molecule has 0 unspecified atom stereocenters. The first-order valence-corrected chi connectivity index (χ1v) is 4.27. The predicted octanol–water partition coefficient (Wildman–Crippen LogP) is 2.20. The molecule has 0 atom stereocenters. The van der Waals surface area contributed by atoms with Crippen LogP contribution in [0.15, 0.2) is 12.7 Å². The van der Waals surface area contributed by atoms with Crippen molar-refractivity contribution in [2.45, 2.75) is 26.7 Å². The zero-order valence-electron chi connectivity index (χ0n) is 7.19. The first kappa shape index (κ1) is 9.70. The van der Waals surface area contributed by atoms with E-state index in [1.54, 1.807) is 0 Å². The van der Waals surface area contributed by atoms with Crippen LogP contribution >= 0.6 is 0 Å². The fourth-order valence-corrected chi connectivity index (χ4v) is 1.08. The monoisotopic (exact) mass is 141 g/mol. The number of allylic oxidation sites excluding steroid dienone is 1. The van der Waals surface area contributed by atoms with Crippen LogP contribution in [0.25, 0.3) is 0 Å². The van der Waals surface area contributed by atoms with Crippen molar-refractivity contribution in [1.82, 2.24) is 5.32 Å². The van der Waals surface area contributed by atoms with Gasteiger partial charge in [0.1, 0.15) is 0 Å². The lowest BCUT2D eigenvalue weighted by molar-refractivity contribution is 0.437. The Morgan fingerprint density at radius 2 is 1.80 bits per heavy atom. The van der Waals surface area contributed by atoms with Gasteiger partial charge in [-0.25, -0.2) is 0 Å². The summed E-state index contributed by atoms with van der Waals surface area (Å²) >= 11 is 0. The molecule has 0 aliphatic carbocycles. The van der Waals surface area contributed by atoms with Crippen LogP contribution in [0, 0.1) is 5.92 Å². The Bertz CT molecular complexity index is 72.8. The molecule has 0 aromatic rings. The largest absolute Gasteiger partial charge is 0.317 e. The first-order valence-electron chi connectivity index (χ1n) is 4.27. The first-order chi connectivity index (χ1) is 4.93. The number of nitrogens with one attached hydrogen (secondary N) is 1. The molecule has 1 fully saturated rings. The van der Waals surface area contributed by atoms with Crippen LogP contribution < -0.4 is 5.32 Å². The smallest absolute Gasteiger partial charge is 0.00433 e. The van der Waals surface area contributed by atoms with E-state index in [1.165, 1.54) is 25.9 Å². The molecule has 0 saturated carbocycles. The Labute approximate surface area is 64.5 Å². The lowest BCUT2D eigenvalue weighted by Gasteiger charge is -2.18. The number of piperidine rings is 1. The van der Waals surface area contributed by atoms with Gasteiger partial charge in [-0.2, -0.15) is 0 Å². The van der Waals surface area contributed by atoms with Gasteiger partial charge in [0, 0.05) is 0 Å². The van der Waals surface area contributed by atoms with E-state index in [0.29, 0.717) is 0 Å². The molecule has 1 saturated heterocycles. The molecule has 0 spiro atoms. The van der Waals surface area contributed by atoms with E-state index >= 15 is 0 Å². The van der Waals surface area contributed by atoms with E-state index < -0.39 is 0 Å². The molecule has 60 valence electrons. The van der Waals surface area contributed by atoms with Crippen LogP contribution in [0.2, 0.25) is 0 Å². The Hall–Kier alpha value is -0.300. The molecule has 10 heavy (non-hydrogen) atoms. The Kier molecular flexibility index (Phi) is 6.61. The van der Waals surface area contributed by atoms with E-state index in [0.717, 1.165) is 5.92 Å². The van der Waals surface area contributed by atoms with E-state index in [-0.39, 0.29) is 0 Å². The maximum absolute atomic E-state index is 3.76. The third-order valence-electron chi connectivity index (χ3n) is 1.72. The highest BCUT2D eigenvalue weighted by molar-refractivity contribution is 4.82. The van der Waals surface area contributed by atoms with Gasteiger partial charge in [-0.15, -0.1) is 6.58 Å². The maximum Gasteiger partial charge on any atom is -0.00433 e. The molecule has 1 heteroatoms. The molecule has 0 aromatic carbocycles. The summed E-state index contributed by atoms with van der Waals surface area (Å²) in [5.74, 6) is 0.788. The molecule has 1 rings (SSSR count). The molecule has 1 N–H and O–H groups in total. The predicted molar refractivity (Wildman–Crippen MR) is 47.1 cm³/mol.